The highest BCUT2D eigenvalue weighted by molar-refractivity contribution is 7.89. The minimum atomic E-state index is -3.49. The first-order chi connectivity index (χ1) is 10.6. The van der Waals surface area contributed by atoms with Crippen molar-refractivity contribution in [3.05, 3.63) is 36.0 Å². The fourth-order valence-corrected chi connectivity index (χ4v) is 4.03. The lowest BCUT2D eigenvalue weighted by molar-refractivity contribution is 0.0730. The zero-order valence-electron chi connectivity index (χ0n) is 13.2. The van der Waals surface area contributed by atoms with Gasteiger partial charge in [-0.05, 0) is 30.7 Å². The molecule has 0 aliphatic carbocycles. The van der Waals surface area contributed by atoms with E-state index in [0.29, 0.717) is 36.6 Å². The van der Waals surface area contributed by atoms with Crippen LogP contribution in [0.5, 0.6) is 0 Å². The van der Waals surface area contributed by atoms with Crippen LogP contribution in [-0.2, 0) is 14.8 Å². The lowest BCUT2D eigenvalue weighted by Crippen LogP contribution is -2.40. The molecule has 0 bridgehead atoms. The largest absolute Gasteiger partial charge is 0.379 e. The van der Waals surface area contributed by atoms with E-state index in [1.807, 2.05) is 32.9 Å². The Bertz CT molecular complexity index is 738. The third-order valence-electron chi connectivity index (χ3n) is 3.52. The Kier molecular flexibility index (Phi) is 5.50. The summed E-state index contributed by atoms with van der Waals surface area (Å²) in [5, 5.41) is 0.680. The summed E-state index contributed by atoms with van der Waals surface area (Å²) in [5.41, 5.74) is 1.71. The summed E-state index contributed by atoms with van der Waals surface area (Å²) >= 11 is 0. The van der Waals surface area contributed by atoms with Crippen molar-refractivity contribution in [1.82, 2.24) is 9.29 Å². The Labute approximate surface area is 132 Å². The van der Waals surface area contributed by atoms with E-state index in [9.17, 15) is 8.42 Å². The fourth-order valence-electron chi connectivity index (χ4n) is 2.44. The number of aryl methyl sites for hydroxylation is 1. The molecule has 0 saturated carbocycles. The van der Waals surface area contributed by atoms with Crippen LogP contribution in [0.25, 0.3) is 10.9 Å². The highest BCUT2D eigenvalue weighted by Crippen LogP contribution is 2.27. The number of ether oxygens (including phenoxy) is 1. The molecule has 0 unspecified atom stereocenters. The van der Waals surface area contributed by atoms with E-state index in [0.717, 1.165) is 11.1 Å². The van der Waals surface area contributed by atoms with E-state index >= 15 is 0 Å². The summed E-state index contributed by atoms with van der Waals surface area (Å²) in [6.45, 7) is 7.62. The van der Waals surface area contributed by atoms with Gasteiger partial charge >= 0.3 is 0 Å². The number of morpholine rings is 1. The monoisotopic (exact) mass is 322 g/mol. The van der Waals surface area contributed by atoms with Crippen molar-refractivity contribution < 1.29 is 13.2 Å². The molecule has 1 aliphatic rings. The molecular weight excluding hydrogens is 300 g/mol. The number of sulfonamides is 1. The number of aromatic nitrogens is 1. The quantitative estimate of drug-likeness (QED) is 0.853. The normalized spacial score (nSPS) is 16.1. The van der Waals surface area contributed by atoms with Crippen LogP contribution < -0.4 is 0 Å². The average Bonchev–Trinajstić information content (AvgIpc) is 2.58. The second-order valence-corrected chi connectivity index (χ2v) is 6.70. The van der Waals surface area contributed by atoms with Crippen LogP contribution in [0.3, 0.4) is 0 Å². The maximum atomic E-state index is 12.8. The molecule has 22 heavy (non-hydrogen) atoms. The molecular formula is C16H22N2O3S. The molecule has 0 N–H and O–H groups in total. The van der Waals surface area contributed by atoms with Crippen LogP contribution in [0.2, 0.25) is 0 Å². The van der Waals surface area contributed by atoms with Crippen LogP contribution in [0.1, 0.15) is 19.4 Å². The van der Waals surface area contributed by atoms with E-state index in [1.54, 1.807) is 18.3 Å². The summed E-state index contributed by atoms with van der Waals surface area (Å²) < 4.78 is 32.2. The van der Waals surface area contributed by atoms with Crippen LogP contribution in [0.4, 0.5) is 0 Å². The molecule has 0 radical (unpaired) electrons. The molecule has 1 aromatic carbocycles. The van der Waals surface area contributed by atoms with Gasteiger partial charge in [-0.25, -0.2) is 8.42 Å². The fraction of sp³-hybridized carbons (Fsp3) is 0.438. The summed E-state index contributed by atoms with van der Waals surface area (Å²) in [4.78, 5) is 4.62. The van der Waals surface area contributed by atoms with Gasteiger partial charge in [0, 0.05) is 24.7 Å². The standard InChI is InChI=1S/C14H16N2O3S.C2H6/c1-11-4-5-13(12-3-2-6-15-14(11)12)20(17,18)16-7-9-19-10-8-16;1-2/h2-6H,7-10H2,1H3;1-2H3. The molecule has 1 aliphatic heterocycles. The highest BCUT2D eigenvalue weighted by Gasteiger charge is 2.28. The minimum Gasteiger partial charge on any atom is -0.379 e. The Morgan fingerprint density at radius 3 is 2.50 bits per heavy atom. The second kappa shape index (κ2) is 7.17. The Morgan fingerprint density at radius 1 is 1.14 bits per heavy atom. The molecule has 1 saturated heterocycles. The van der Waals surface area contributed by atoms with Gasteiger partial charge in [-0.2, -0.15) is 4.31 Å². The molecule has 2 heterocycles. The van der Waals surface area contributed by atoms with Crippen LogP contribution >= 0.6 is 0 Å². The van der Waals surface area contributed by atoms with Crippen molar-refractivity contribution in [2.24, 2.45) is 0 Å². The lowest BCUT2D eigenvalue weighted by Gasteiger charge is -2.26. The average molecular weight is 322 g/mol. The van der Waals surface area contributed by atoms with Crippen LogP contribution in [0.15, 0.2) is 35.4 Å². The summed E-state index contributed by atoms with van der Waals surface area (Å²) in [5.74, 6) is 0. The van der Waals surface area contributed by atoms with Crippen molar-refractivity contribution in [3.63, 3.8) is 0 Å². The van der Waals surface area contributed by atoms with Gasteiger partial charge < -0.3 is 4.74 Å². The Morgan fingerprint density at radius 2 is 1.82 bits per heavy atom. The molecule has 2 aromatic rings. The molecule has 0 atom stereocenters. The number of pyridine rings is 1. The third-order valence-corrected chi connectivity index (χ3v) is 5.48. The van der Waals surface area contributed by atoms with Gasteiger partial charge in [0.15, 0.2) is 0 Å². The van der Waals surface area contributed by atoms with Crippen molar-refractivity contribution >= 4 is 20.9 Å². The van der Waals surface area contributed by atoms with E-state index in [4.69, 9.17) is 4.74 Å². The summed E-state index contributed by atoms with van der Waals surface area (Å²) in [7, 11) is -3.49. The third kappa shape index (κ3) is 3.14. The SMILES string of the molecule is CC.Cc1ccc(S(=O)(=O)N2CCOCC2)c2cccnc12. The number of nitrogens with zero attached hydrogens (tertiary/aromatic N) is 2. The van der Waals surface area contributed by atoms with Crippen molar-refractivity contribution in [3.8, 4) is 0 Å². The first kappa shape index (κ1) is 16.9. The van der Waals surface area contributed by atoms with Crippen molar-refractivity contribution in [2.45, 2.75) is 25.7 Å². The number of hydrogen-bond acceptors (Lipinski definition) is 4. The molecule has 6 heteroatoms. The van der Waals surface area contributed by atoms with Gasteiger partial charge in [-0.3, -0.25) is 4.98 Å². The van der Waals surface area contributed by atoms with Crippen molar-refractivity contribution in [1.29, 1.82) is 0 Å². The van der Waals surface area contributed by atoms with Crippen molar-refractivity contribution in [2.75, 3.05) is 26.3 Å². The predicted molar refractivity (Wildman–Crippen MR) is 87.4 cm³/mol. The summed E-state index contributed by atoms with van der Waals surface area (Å²) in [6, 6.07) is 7.05. The van der Waals surface area contributed by atoms with E-state index in [-0.39, 0.29) is 0 Å². The Balaban J connectivity index is 0.000000847. The molecule has 1 aromatic heterocycles. The highest BCUT2D eigenvalue weighted by atomic mass is 32.2. The van der Waals surface area contributed by atoms with Gasteiger partial charge in [0.2, 0.25) is 10.0 Å². The summed E-state index contributed by atoms with van der Waals surface area (Å²) in [6.07, 6.45) is 1.68. The zero-order chi connectivity index (χ0) is 16.2. The number of rotatable bonds is 2. The van der Waals surface area contributed by atoms with Gasteiger partial charge in [0.1, 0.15) is 0 Å². The molecule has 1 fully saturated rings. The minimum absolute atomic E-state index is 0.327. The molecule has 0 spiro atoms. The number of benzene rings is 1. The van der Waals surface area contributed by atoms with Crippen LogP contribution in [-0.4, -0.2) is 44.0 Å². The van der Waals surface area contributed by atoms with Gasteiger partial charge in [-0.15, -0.1) is 0 Å². The number of hydrogen-bond donors (Lipinski definition) is 0. The smallest absolute Gasteiger partial charge is 0.243 e. The number of fused-ring (bicyclic) bond motifs is 1. The Hall–Kier alpha value is -1.50. The van der Waals surface area contributed by atoms with E-state index in [1.165, 1.54) is 4.31 Å². The molecule has 120 valence electrons. The van der Waals surface area contributed by atoms with E-state index in [2.05, 4.69) is 4.98 Å². The lowest BCUT2D eigenvalue weighted by atomic mass is 10.1. The second-order valence-electron chi connectivity index (χ2n) is 4.80. The van der Waals surface area contributed by atoms with Gasteiger partial charge in [-0.1, -0.05) is 19.9 Å². The predicted octanol–water partition coefficient (Wildman–Crippen LogP) is 2.59. The topological polar surface area (TPSA) is 59.5 Å². The molecule has 3 rings (SSSR count). The first-order valence-corrected chi connectivity index (χ1v) is 8.97. The maximum absolute atomic E-state index is 12.8. The van der Waals surface area contributed by atoms with Gasteiger partial charge in [0.25, 0.3) is 0 Å². The van der Waals surface area contributed by atoms with Crippen LogP contribution in [0, 0.1) is 6.92 Å². The molecule has 5 nitrogen and oxygen atoms in total. The first-order valence-electron chi connectivity index (χ1n) is 7.53. The van der Waals surface area contributed by atoms with E-state index < -0.39 is 10.0 Å². The zero-order valence-corrected chi connectivity index (χ0v) is 14.1. The van der Waals surface area contributed by atoms with Gasteiger partial charge in [0.05, 0.1) is 23.6 Å². The molecule has 0 amide bonds. The maximum Gasteiger partial charge on any atom is 0.243 e.